The molecule has 3 rings (SSSR count). The van der Waals surface area contributed by atoms with Crippen LogP contribution in [0.15, 0.2) is 42.6 Å². The van der Waals surface area contributed by atoms with Crippen LogP contribution in [0, 0.1) is 0 Å². The third kappa shape index (κ3) is 4.47. The number of rotatable bonds is 2. The first-order valence-electron chi connectivity index (χ1n) is 8.54. The van der Waals surface area contributed by atoms with E-state index in [0.29, 0.717) is 18.9 Å². The molecule has 1 aliphatic rings. The SMILES string of the molecule is CC(C)(C)OC(=O)N1CCN(c2ccnc(-c3ccccc3)n2)CC1. The lowest BCUT2D eigenvalue weighted by Gasteiger charge is -2.36. The Balaban J connectivity index is 1.65. The van der Waals surface area contributed by atoms with Crippen molar-refractivity contribution in [2.75, 3.05) is 31.1 Å². The standard InChI is InChI=1S/C19H24N4O2/c1-19(2,3)25-18(24)23-13-11-22(12-14-23)16-9-10-20-17(21-16)15-7-5-4-6-8-15/h4-10H,11-14H2,1-3H3. The monoisotopic (exact) mass is 340 g/mol. The van der Waals surface area contributed by atoms with Crippen molar-refractivity contribution in [3.63, 3.8) is 0 Å². The number of piperazine rings is 1. The van der Waals surface area contributed by atoms with Crippen LogP contribution in [0.4, 0.5) is 10.6 Å². The van der Waals surface area contributed by atoms with Gasteiger partial charge < -0.3 is 14.5 Å². The maximum absolute atomic E-state index is 12.2. The van der Waals surface area contributed by atoms with E-state index in [1.807, 2.05) is 57.2 Å². The molecule has 0 spiro atoms. The lowest BCUT2D eigenvalue weighted by molar-refractivity contribution is 0.0240. The Labute approximate surface area is 148 Å². The van der Waals surface area contributed by atoms with Crippen LogP contribution in [0.2, 0.25) is 0 Å². The molecule has 1 aliphatic heterocycles. The molecule has 0 unspecified atom stereocenters. The lowest BCUT2D eigenvalue weighted by atomic mass is 10.2. The van der Waals surface area contributed by atoms with Crippen LogP contribution in [0.3, 0.4) is 0 Å². The second-order valence-electron chi connectivity index (χ2n) is 7.06. The van der Waals surface area contributed by atoms with Crippen molar-refractivity contribution in [2.24, 2.45) is 0 Å². The fraction of sp³-hybridized carbons (Fsp3) is 0.421. The van der Waals surface area contributed by atoms with Crippen LogP contribution in [-0.2, 0) is 4.74 Å². The molecule has 2 aromatic rings. The summed E-state index contributed by atoms with van der Waals surface area (Å²) in [4.78, 5) is 25.1. The van der Waals surface area contributed by atoms with Crippen molar-refractivity contribution in [1.82, 2.24) is 14.9 Å². The Morgan fingerprint density at radius 2 is 1.72 bits per heavy atom. The second kappa shape index (κ2) is 7.09. The maximum Gasteiger partial charge on any atom is 0.410 e. The Morgan fingerprint density at radius 1 is 1.04 bits per heavy atom. The molecule has 1 aromatic heterocycles. The molecule has 0 atom stereocenters. The zero-order valence-corrected chi connectivity index (χ0v) is 15.0. The molecule has 0 radical (unpaired) electrons. The summed E-state index contributed by atoms with van der Waals surface area (Å²) in [6, 6.07) is 11.8. The van der Waals surface area contributed by atoms with Crippen LogP contribution in [0.1, 0.15) is 20.8 Å². The molecule has 0 N–H and O–H groups in total. The molecule has 1 saturated heterocycles. The molecule has 6 heteroatoms. The smallest absolute Gasteiger partial charge is 0.410 e. The zero-order valence-electron chi connectivity index (χ0n) is 15.0. The van der Waals surface area contributed by atoms with Gasteiger partial charge in [-0.2, -0.15) is 0 Å². The van der Waals surface area contributed by atoms with Gasteiger partial charge in [-0.25, -0.2) is 14.8 Å². The molecule has 0 aliphatic carbocycles. The van der Waals surface area contributed by atoms with Crippen LogP contribution in [-0.4, -0.2) is 52.7 Å². The third-order valence-corrected chi connectivity index (χ3v) is 3.93. The molecule has 6 nitrogen and oxygen atoms in total. The van der Waals surface area contributed by atoms with E-state index in [-0.39, 0.29) is 6.09 Å². The van der Waals surface area contributed by atoms with Gasteiger partial charge in [-0.05, 0) is 26.8 Å². The molecule has 1 amide bonds. The number of aromatic nitrogens is 2. The van der Waals surface area contributed by atoms with E-state index in [2.05, 4.69) is 14.9 Å². The van der Waals surface area contributed by atoms with E-state index in [0.717, 1.165) is 24.5 Å². The summed E-state index contributed by atoms with van der Waals surface area (Å²) < 4.78 is 5.44. The van der Waals surface area contributed by atoms with Gasteiger partial charge in [-0.15, -0.1) is 0 Å². The average molecular weight is 340 g/mol. The van der Waals surface area contributed by atoms with Crippen molar-refractivity contribution in [2.45, 2.75) is 26.4 Å². The van der Waals surface area contributed by atoms with Gasteiger partial charge in [-0.1, -0.05) is 30.3 Å². The van der Waals surface area contributed by atoms with E-state index < -0.39 is 5.60 Å². The average Bonchev–Trinajstić information content (AvgIpc) is 2.61. The van der Waals surface area contributed by atoms with E-state index in [4.69, 9.17) is 4.74 Å². The number of ether oxygens (including phenoxy) is 1. The first-order valence-corrected chi connectivity index (χ1v) is 8.54. The first-order chi connectivity index (χ1) is 11.9. The maximum atomic E-state index is 12.2. The summed E-state index contributed by atoms with van der Waals surface area (Å²) in [5.74, 6) is 1.60. The van der Waals surface area contributed by atoms with Gasteiger partial charge in [-0.3, -0.25) is 0 Å². The van der Waals surface area contributed by atoms with Crippen LogP contribution in [0.25, 0.3) is 11.4 Å². The number of hydrogen-bond acceptors (Lipinski definition) is 5. The zero-order chi connectivity index (χ0) is 17.9. The Kier molecular flexibility index (Phi) is 4.88. The normalized spacial score (nSPS) is 15.2. The molecule has 132 valence electrons. The number of carbonyl (C=O) groups is 1. The van der Waals surface area contributed by atoms with E-state index in [1.54, 1.807) is 11.1 Å². The lowest BCUT2D eigenvalue weighted by Crippen LogP contribution is -2.50. The molecular weight excluding hydrogens is 316 g/mol. The highest BCUT2D eigenvalue weighted by molar-refractivity contribution is 5.68. The highest BCUT2D eigenvalue weighted by atomic mass is 16.6. The second-order valence-corrected chi connectivity index (χ2v) is 7.06. The molecule has 0 bridgehead atoms. The van der Waals surface area contributed by atoms with E-state index in [9.17, 15) is 4.79 Å². The fourth-order valence-corrected chi connectivity index (χ4v) is 2.70. The van der Waals surface area contributed by atoms with Gasteiger partial charge in [0, 0.05) is 37.9 Å². The minimum atomic E-state index is -0.467. The van der Waals surface area contributed by atoms with Crippen LogP contribution < -0.4 is 4.90 Å². The fourth-order valence-electron chi connectivity index (χ4n) is 2.70. The number of benzene rings is 1. The van der Waals surface area contributed by atoms with Gasteiger partial charge in [0.15, 0.2) is 5.82 Å². The minimum absolute atomic E-state index is 0.250. The summed E-state index contributed by atoms with van der Waals surface area (Å²) in [6.07, 6.45) is 1.53. The molecule has 0 saturated carbocycles. The predicted octanol–water partition coefficient (Wildman–Crippen LogP) is 3.20. The third-order valence-electron chi connectivity index (χ3n) is 3.93. The van der Waals surface area contributed by atoms with Crippen LogP contribution in [0.5, 0.6) is 0 Å². The highest BCUT2D eigenvalue weighted by Crippen LogP contribution is 2.20. The van der Waals surface area contributed by atoms with E-state index in [1.165, 1.54) is 0 Å². The van der Waals surface area contributed by atoms with Crippen molar-refractivity contribution >= 4 is 11.9 Å². The van der Waals surface area contributed by atoms with Crippen molar-refractivity contribution in [1.29, 1.82) is 0 Å². The number of carbonyl (C=O) groups excluding carboxylic acids is 1. The number of amides is 1. The van der Waals surface area contributed by atoms with Crippen LogP contribution >= 0.6 is 0 Å². The van der Waals surface area contributed by atoms with E-state index >= 15 is 0 Å². The molecule has 2 heterocycles. The number of hydrogen-bond donors (Lipinski definition) is 0. The number of anilines is 1. The van der Waals surface area contributed by atoms with Gasteiger partial charge in [0.25, 0.3) is 0 Å². The predicted molar refractivity (Wildman–Crippen MR) is 97.5 cm³/mol. The molecule has 1 aromatic carbocycles. The molecule has 1 fully saturated rings. The quantitative estimate of drug-likeness (QED) is 0.840. The topological polar surface area (TPSA) is 58.6 Å². The minimum Gasteiger partial charge on any atom is -0.444 e. The van der Waals surface area contributed by atoms with Gasteiger partial charge in [0.05, 0.1) is 0 Å². The Bertz CT molecular complexity index is 720. The van der Waals surface area contributed by atoms with Crippen molar-refractivity contribution in [3.05, 3.63) is 42.6 Å². The highest BCUT2D eigenvalue weighted by Gasteiger charge is 2.26. The summed E-state index contributed by atoms with van der Waals surface area (Å²) in [7, 11) is 0. The van der Waals surface area contributed by atoms with Crippen molar-refractivity contribution < 1.29 is 9.53 Å². The summed E-state index contributed by atoms with van der Waals surface area (Å²) in [6.45, 7) is 8.35. The van der Waals surface area contributed by atoms with Gasteiger partial charge in [0.1, 0.15) is 11.4 Å². The summed E-state index contributed by atoms with van der Waals surface area (Å²) >= 11 is 0. The van der Waals surface area contributed by atoms with Crippen molar-refractivity contribution in [3.8, 4) is 11.4 Å². The summed E-state index contributed by atoms with van der Waals surface area (Å²) in [5, 5.41) is 0. The largest absolute Gasteiger partial charge is 0.444 e. The Morgan fingerprint density at radius 3 is 2.36 bits per heavy atom. The number of nitrogens with zero attached hydrogens (tertiary/aromatic N) is 4. The Hall–Kier alpha value is -2.63. The molecule has 25 heavy (non-hydrogen) atoms. The summed E-state index contributed by atoms with van der Waals surface area (Å²) in [5.41, 5.74) is 0.530. The van der Waals surface area contributed by atoms with Gasteiger partial charge in [0.2, 0.25) is 0 Å². The first kappa shape index (κ1) is 17.2. The van der Waals surface area contributed by atoms with Gasteiger partial charge >= 0.3 is 6.09 Å². The molecular formula is C19H24N4O2.